The molecular formula is C19H25N3O2S. The lowest BCUT2D eigenvalue weighted by Crippen LogP contribution is -2.40. The first kappa shape index (κ1) is 19.0. The molecule has 1 aromatic heterocycles. The lowest BCUT2D eigenvalue weighted by atomic mass is 10.1. The number of amides is 3. The van der Waals surface area contributed by atoms with Crippen molar-refractivity contribution in [2.45, 2.75) is 39.8 Å². The molecular weight excluding hydrogens is 334 g/mol. The minimum absolute atomic E-state index is 0.0127. The van der Waals surface area contributed by atoms with Crippen molar-refractivity contribution in [3.8, 4) is 0 Å². The summed E-state index contributed by atoms with van der Waals surface area (Å²) in [6.07, 6.45) is 0.450. The van der Waals surface area contributed by atoms with Crippen LogP contribution in [0.3, 0.4) is 0 Å². The van der Waals surface area contributed by atoms with Crippen molar-refractivity contribution in [2.75, 3.05) is 11.9 Å². The molecule has 0 aliphatic carbocycles. The molecule has 1 atom stereocenters. The Morgan fingerprint density at radius 1 is 1.16 bits per heavy atom. The molecule has 0 fully saturated rings. The molecule has 0 radical (unpaired) electrons. The number of hydrogen-bond acceptors (Lipinski definition) is 3. The molecule has 0 saturated carbocycles. The van der Waals surface area contributed by atoms with Crippen LogP contribution in [0, 0.1) is 0 Å². The third-order valence-electron chi connectivity index (χ3n) is 3.95. The van der Waals surface area contributed by atoms with Crippen molar-refractivity contribution in [3.05, 3.63) is 52.2 Å². The van der Waals surface area contributed by atoms with Gasteiger partial charge >= 0.3 is 6.03 Å². The van der Waals surface area contributed by atoms with Crippen molar-refractivity contribution in [1.82, 2.24) is 10.2 Å². The molecule has 2 aromatic rings. The molecule has 1 unspecified atom stereocenters. The average Bonchev–Trinajstić information content (AvgIpc) is 3.13. The van der Waals surface area contributed by atoms with Gasteiger partial charge in [-0.25, -0.2) is 4.79 Å². The normalized spacial score (nSPS) is 11.6. The molecule has 2 N–H and O–H groups in total. The van der Waals surface area contributed by atoms with Gasteiger partial charge in [-0.15, -0.1) is 11.3 Å². The maximum absolute atomic E-state index is 12.5. The van der Waals surface area contributed by atoms with Crippen molar-refractivity contribution in [1.29, 1.82) is 0 Å². The molecule has 0 spiro atoms. The summed E-state index contributed by atoms with van der Waals surface area (Å²) in [5.74, 6) is -0.0127. The third kappa shape index (κ3) is 5.60. The first-order valence-corrected chi connectivity index (χ1v) is 9.39. The van der Waals surface area contributed by atoms with Gasteiger partial charge in [0, 0.05) is 23.5 Å². The van der Waals surface area contributed by atoms with E-state index in [1.165, 1.54) is 4.88 Å². The van der Waals surface area contributed by atoms with E-state index in [9.17, 15) is 9.59 Å². The van der Waals surface area contributed by atoms with Gasteiger partial charge in [0.15, 0.2) is 0 Å². The molecule has 0 bridgehead atoms. The zero-order valence-corrected chi connectivity index (χ0v) is 15.7. The molecule has 3 amide bonds. The number of nitrogens with one attached hydrogen (secondary N) is 2. The lowest BCUT2D eigenvalue weighted by Gasteiger charge is -2.24. The first-order chi connectivity index (χ1) is 12.0. The van der Waals surface area contributed by atoms with E-state index in [1.807, 2.05) is 62.5 Å². The van der Waals surface area contributed by atoms with Crippen LogP contribution in [0.15, 0.2) is 41.8 Å². The van der Waals surface area contributed by atoms with Gasteiger partial charge in [-0.3, -0.25) is 4.79 Å². The molecule has 6 heteroatoms. The summed E-state index contributed by atoms with van der Waals surface area (Å²) in [7, 11) is 0. The van der Waals surface area contributed by atoms with E-state index in [2.05, 4.69) is 10.6 Å². The number of hydrogen-bond donors (Lipinski definition) is 2. The molecule has 5 nitrogen and oxygen atoms in total. The Kier molecular flexibility index (Phi) is 7.01. The molecule has 134 valence electrons. The van der Waals surface area contributed by atoms with E-state index in [0.717, 1.165) is 11.3 Å². The fraction of sp³-hybridized carbons (Fsp3) is 0.368. The maximum atomic E-state index is 12.5. The Bertz CT molecular complexity index is 683. The van der Waals surface area contributed by atoms with Crippen LogP contribution in [0.25, 0.3) is 0 Å². The zero-order valence-electron chi connectivity index (χ0n) is 14.9. The number of nitrogens with zero attached hydrogens (tertiary/aromatic N) is 1. The number of urea groups is 1. The molecule has 0 aliphatic heterocycles. The Morgan fingerprint density at radius 2 is 1.88 bits per heavy atom. The molecule has 2 rings (SSSR count). The summed E-state index contributed by atoms with van der Waals surface area (Å²) < 4.78 is 0. The number of carbonyl (C=O) groups excluding carboxylic acids is 2. The van der Waals surface area contributed by atoms with Crippen molar-refractivity contribution >= 4 is 29.0 Å². The molecule has 25 heavy (non-hydrogen) atoms. The SMILES string of the molecule is CCC(=O)Nc1ccc(C(C)NC(=O)N(CC)Cc2cccs2)cc1. The summed E-state index contributed by atoms with van der Waals surface area (Å²) in [4.78, 5) is 26.9. The Hall–Kier alpha value is -2.34. The van der Waals surface area contributed by atoms with Crippen LogP contribution in [-0.2, 0) is 11.3 Å². The van der Waals surface area contributed by atoms with E-state index >= 15 is 0 Å². The van der Waals surface area contributed by atoms with E-state index in [-0.39, 0.29) is 18.0 Å². The summed E-state index contributed by atoms with van der Waals surface area (Å²) in [5, 5.41) is 7.87. The Balaban J connectivity index is 1.94. The van der Waals surface area contributed by atoms with Crippen LogP contribution < -0.4 is 10.6 Å². The summed E-state index contributed by atoms with van der Waals surface area (Å²) in [5.41, 5.74) is 1.76. The van der Waals surface area contributed by atoms with Crippen LogP contribution in [-0.4, -0.2) is 23.4 Å². The minimum Gasteiger partial charge on any atom is -0.331 e. The fourth-order valence-electron chi connectivity index (χ4n) is 2.38. The van der Waals surface area contributed by atoms with Gasteiger partial charge in [0.05, 0.1) is 12.6 Å². The fourth-order valence-corrected chi connectivity index (χ4v) is 3.10. The number of rotatable bonds is 7. The van der Waals surface area contributed by atoms with Gasteiger partial charge in [0.2, 0.25) is 5.91 Å². The van der Waals surface area contributed by atoms with Gasteiger partial charge in [-0.05, 0) is 43.0 Å². The second-order valence-electron chi connectivity index (χ2n) is 5.79. The van der Waals surface area contributed by atoms with Gasteiger partial charge in [-0.2, -0.15) is 0 Å². The van der Waals surface area contributed by atoms with Crippen molar-refractivity contribution < 1.29 is 9.59 Å². The van der Waals surface area contributed by atoms with E-state index in [1.54, 1.807) is 16.2 Å². The smallest absolute Gasteiger partial charge is 0.318 e. The standard InChI is InChI=1S/C19H25N3O2S/c1-4-18(23)21-16-10-8-15(9-11-16)14(3)20-19(24)22(5-2)13-17-7-6-12-25-17/h6-12,14H,4-5,13H2,1-3H3,(H,20,24)(H,21,23). The molecule has 0 saturated heterocycles. The molecule has 0 aliphatic rings. The van der Waals surface area contributed by atoms with Crippen molar-refractivity contribution in [2.24, 2.45) is 0 Å². The van der Waals surface area contributed by atoms with E-state index in [4.69, 9.17) is 0 Å². The van der Waals surface area contributed by atoms with Crippen LogP contribution in [0.4, 0.5) is 10.5 Å². The highest BCUT2D eigenvalue weighted by Crippen LogP contribution is 2.17. The monoisotopic (exact) mass is 359 g/mol. The van der Waals surface area contributed by atoms with Gasteiger partial charge in [0.25, 0.3) is 0 Å². The van der Waals surface area contributed by atoms with Crippen LogP contribution >= 0.6 is 11.3 Å². The third-order valence-corrected chi connectivity index (χ3v) is 4.81. The van der Waals surface area contributed by atoms with Gasteiger partial charge in [-0.1, -0.05) is 25.1 Å². The predicted molar refractivity (Wildman–Crippen MR) is 103 cm³/mol. The van der Waals surface area contributed by atoms with Crippen LogP contribution in [0.1, 0.15) is 43.7 Å². The largest absolute Gasteiger partial charge is 0.331 e. The number of carbonyl (C=O) groups is 2. The summed E-state index contributed by atoms with van der Waals surface area (Å²) in [6.45, 7) is 7.02. The second kappa shape index (κ2) is 9.22. The molecule has 1 aromatic carbocycles. The van der Waals surface area contributed by atoms with Crippen LogP contribution in [0.5, 0.6) is 0 Å². The topological polar surface area (TPSA) is 61.4 Å². The highest BCUT2D eigenvalue weighted by molar-refractivity contribution is 7.09. The number of thiophene rings is 1. The van der Waals surface area contributed by atoms with Crippen molar-refractivity contribution in [3.63, 3.8) is 0 Å². The lowest BCUT2D eigenvalue weighted by molar-refractivity contribution is -0.115. The quantitative estimate of drug-likeness (QED) is 0.770. The summed E-state index contributed by atoms with van der Waals surface area (Å²) in [6, 6.07) is 11.4. The van der Waals surface area contributed by atoms with E-state index < -0.39 is 0 Å². The predicted octanol–water partition coefficient (Wildman–Crippen LogP) is 4.39. The average molecular weight is 359 g/mol. The number of anilines is 1. The highest BCUT2D eigenvalue weighted by Gasteiger charge is 2.16. The van der Waals surface area contributed by atoms with E-state index in [0.29, 0.717) is 19.5 Å². The maximum Gasteiger partial charge on any atom is 0.318 e. The number of benzene rings is 1. The first-order valence-electron chi connectivity index (χ1n) is 8.51. The van der Waals surface area contributed by atoms with Gasteiger partial charge in [0.1, 0.15) is 0 Å². The zero-order chi connectivity index (χ0) is 18.2. The van der Waals surface area contributed by atoms with Crippen LogP contribution in [0.2, 0.25) is 0 Å². The molecule has 1 heterocycles. The minimum atomic E-state index is -0.110. The Labute approximate surface area is 153 Å². The second-order valence-corrected chi connectivity index (χ2v) is 6.82. The Morgan fingerprint density at radius 3 is 2.44 bits per heavy atom. The highest BCUT2D eigenvalue weighted by atomic mass is 32.1. The van der Waals surface area contributed by atoms with Gasteiger partial charge < -0.3 is 15.5 Å². The summed E-state index contributed by atoms with van der Waals surface area (Å²) >= 11 is 1.65.